The van der Waals surface area contributed by atoms with Crippen LogP contribution in [0.2, 0.25) is 0 Å². The normalized spacial score (nSPS) is 15.2. The summed E-state index contributed by atoms with van der Waals surface area (Å²) in [5.74, 6) is 1.38. The monoisotopic (exact) mass is 543 g/mol. The number of hydrogen-bond donors (Lipinski definition) is 2. The first-order valence-corrected chi connectivity index (χ1v) is 13.6. The summed E-state index contributed by atoms with van der Waals surface area (Å²) in [6.07, 6.45) is 7.50. The van der Waals surface area contributed by atoms with Crippen molar-refractivity contribution in [3.05, 3.63) is 66.7 Å². The molecule has 210 valence electrons. The van der Waals surface area contributed by atoms with E-state index in [0.29, 0.717) is 18.9 Å². The fraction of sp³-hybridized carbons (Fsp3) is 0.414. The fourth-order valence-electron chi connectivity index (χ4n) is 4.70. The Labute approximate surface area is 234 Å². The first-order valence-electron chi connectivity index (χ1n) is 13.6. The zero-order valence-corrected chi connectivity index (χ0v) is 23.5. The number of piperazine rings is 1. The van der Waals surface area contributed by atoms with Crippen molar-refractivity contribution in [1.29, 1.82) is 0 Å². The molecule has 2 N–H and O–H groups in total. The van der Waals surface area contributed by atoms with Crippen LogP contribution in [-0.4, -0.2) is 80.7 Å². The molecule has 1 aromatic carbocycles. The maximum absolute atomic E-state index is 12.2. The predicted molar refractivity (Wildman–Crippen MR) is 155 cm³/mol. The van der Waals surface area contributed by atoms with E-state index >= 15 is 0 Å². The fourth-order valence-corrected chi connectivity index (χ4v) is 4.70. The van der Waals surface area contributed by atoms with Gasteiger partial charge in [-0.1, -0.05) is 30.3 Å². The van der Waals surface area contributed by atoms with E-state index in [-0.39, 0.29) is 6.04 Å². The number of anilines is 2. The number of aromatic nitrogens is 5. The summed E-state index contributed by atoms with van der Waals surface area (Å²) in [6.45, 7) is 9.78. The van der Waals surface area contributed by atoms with E-state index in [4.69, 9.17) is 14.7 Å². The van der Waals surface area contributed by atoms with Gasteiger partial charge in [-0.3, -0.25) is 4.40 Å². The van der Waals surface area contributed by atoms with Gasteiger partial charge in [0.15, 0.2) is 11.5 Å². The largest absolute Gasteiger partial charge is 0.444 e. The molecule has 0 radical (unpaired) electrons. The third-order valence-electron chi connectivity index (χ3n) is 6.74. The number of likely N-dealkylation sites (N-methyl/N-ethyl adjacent to an activating group) is 1. The molecule has 4 heterocycles. The summed E-state index contributed by atoms with van der Waals surface area (Å²) < 4.78 is 7.41. The van der Waals surface area contributed by atoms with Gasteiger partial charge in [-0.05, 0) is 45.9 Å². The first kappa shape index (κ1) is 27.3. The topological polar surface area (TPSA) is 113 Å². The quantitative estimate of drug-likeness (QED) is 0.340. The van der Waals surface area contributed by atoms with Crippen LogP contribution in [0.5, 0.6) is 0 Å². The van der Waals surface area contributed by atoms with Crippen LogP contribution >= 0.6 is 0 Å². The average Bonchev–Trinajstić information content (AvgIpc) is 3.37. The zero-order chi connectivity index (χ0) is 28.1. The molecule has 0 saturated carbocycles. The van der Waals surface area contributed by atoms with E-state index in [1.807, 2.05) is 80.2 Å². The summed E-state index contributed by atoms with van der Waals surface area (Å²) in [5.41, 5.74) is 2.94. The number of benzene rings is 1. The van der Waals surface area contributed by atoms with E-state index in [2.05, 4.69) is 37.4 Å². The number of amides is 1. The highest BCUT2D eigenvalue weighted by Gasteiger charge is 2.21. The van der Waals surface area contributed by atoms with Gasteiger partial charge >= 0.3 is 6.09 Å². The van der Waals surface area contributed by atoms with Crippen molar-refractivity contribution in [1.82, 2.24) is 34.6 Å². The Morgan fingerprint density at radius 2 is 1.80 bits per heavy atom. The van der Waals surface area contributed by atoms with Gasteiger partial charge in [-0.15, -0.1) is 0 Å². The second-order valence-corrected chi connectivity index (χ2v) is 11.0. The molecule has 40 heavy (non-hydrogen) atoms. The second-order valence-electron chi connectivity index (χ2n) is 11.0. The van der Waals surface area contributed by atoms with Crippen molar-refractivity contribution < 1.29 is 9.53 Å². The molecule has 1 atom stereocenters. The van der Waals surface area contributed by atoms with E-state index in [1.165, 1.54) is 0 Å². The molecular formula is C29H37N9O2. The Morgan fingerprint density at radius 3 is 2.55 bits per heavy atom. The van der Waals surface area contributed by atoms with Crippen molar-refractivity contribution >= 4 is 23.5 Å². The van der Waals surface area contributed by atoms with Crippen LogP contribution in [0.25, 0.3) is 17.0 Å². The molecule has 1 fully saturated rings. The Bertz CT molecular complexity index is 1430. The molecule has 0 spiro atoms. The van der Waals surface area contributed by atoms with Gasteiger partial charge in [0.25, 0.3) is 0 Å². The lowest BCUT2D eigenvalue weighted by Crippen LogP contribution is -2.45. The number of nitrogens with zero attached hydrogens (tertiary/aromatic N) is 7. The number of fused-ring (bicyclic) bond motifs is 1. The summed E-state index contributed by atoms with van der Waals surface area (Å²) in [4.78, 5) is 35.5. The lowest BCUT2D eigenvalue weighted by Gasteiger charge is -2.33. The SMILES string of the molecule is CN1CCN(c2nccn3c(-c4ccnc(NC(CCNC(=O)OC(C)(C)C)c5ccccc5)n4)cnc23)CC1. The maximum atomic E-state index is 12.2. The molecule has 3 aromatic heterocycles. The molecule has 11 nitrogen and oxygen atoms in total. The highest BCUT2D eigenvalue weighted by Crippen LogP contribution is 2.26. The van der Waals surface area contributed by atoms with E-state index < -0.39 is 11.7 Å². The summed E-state index contributed by atoms with van der Waals surface area (Å²) in [6, 6.07) is 11.8. The molecule has 0 aliphatic carbocycles. The van der Waals surface area contributed by atoms with Crippen molar-refractivity contribution in [3.63, 3.8) is 0 Å². The van der Waals surface area contributed by atoms with Crippen LogP contribution in [0.15, 0.2) is 61.2 Å². The molecule has 4 aromatic rings. The molecule has 5 rings (SSSR count). The maximum Gasteiger partial charge on any atom is 0.407 e. The van der Waals surface area contributed by atoms with Crippen LogP contribution in [0.3, 0.4) is 0 Å². The highest BCUT2D eigenvalue weighted by molar-refractivity contribution is 5.70. The second kappa shape index (κ2) is 11.9. The summed E-state index contributed by atoms with van der Waals surface area (Å²) >= 11 is 0. The van der Waals surface area contributed by atoms with Crippen LogP contribution in [0.1, 0.15) is 38.8 Å². The van der Waals surface area contributed by atoms with Crippen molar-refractivity contribution in [2.24, 2.45) is 0 Å². The van der Waals surface area contributed by atoms with Crippen molar-refractivity contribution in [2.45, 2.75) is 38.8 Å². The minimum absolute atomic E-state index is 0.124. The van der Waals surface area contributed by atoms with Crippen LogP contribution in [0, 0.1) is 0 Å². The first-order chi connectivity index (χ1) is 19.3. The Kier molecular flexibility index (Phi) is 8.11. The van der Waals surface area contributed by atoms with E-state index in [0.717, 1.165) is 54.6 Å². The van der Waals surface area contributed by atoms with Gasteiger partial charge in [0, 0.05) is 51.3 Å². The minimum Gasteiger partial charge on any atom is -0.444 e. The number of alkyl carbamates (subject to hydrolysis) is 1. The van der Waals surface area contributed by atoms with Crippen LogP contribution in [-0.2, 0) is 4.74 Å². The van der Waals surface area contributed by atoms with Gasteiger partial charge in [0.1, 0.15) is 5.60 Å². The molecule has 1 amide bonds. The van der Waals surface area contributed by atoms with Gasteiger partial charge in [0.05, 0.1) is 23.6 Å². The summed E-state index contributed by atoms with van der Waals surface area (Å²) in [7, 11) is 2.14. The lowest BCUT2D eigenvalue weighted by atomic mass is 10.0. The molecular weight excluding hydrogens is 506 g/mol. The smallest absolute Gasteiger partial charge is 0.407 e. The zero-order valence-electron chi connectivity index (χ0n) is 23.5. The number of carbonyl (C=O) groups excluding carboxylic acids is 1. The number of rotatable bonds is 8. The number of carbonyl (C=O) groups is 1. The molecule has 1 aliphatic rings. The third-order valence-corrected chi connectivity index (χ3v) is 6.74. The van der Waals surface area contributed by atoms with Crippen molar-refractivity contribution in [2.75, 3.05) is 50.0 Å². The molecule has 11 heteroatoms. The molecule has 1 saturated heterocycles. The van der Waals surface area contributed by atoms with Gasteiger partial charge in [0.2, 0.25) is 5.95 Å². The Morgan fingerprint density at radius 1 is 1.02 bits per heavy atom. The highest BCUT2D eigenvalue weighted by atomic mass is 16.6. The molecule has 1 unspecified atom stereocenters. The average molecular weight is 544 g/mol. The van der Waals surface area contributed by atoms with Crippen LogP contribution < -0.4 is 15.5 Å². The number of hydrogen-bond acceptors (Lipinski definition) is 9. The van der Waals surface area contributed by atoms with Gasteiger partial charge < -0.3 is 25.2 Å². The van der Waals surface area contributed by atoms with E-state index in [1.54, 1.807) is 6.20 Å². The third kappa shape index (κ3) is 6.66. The molecule has 1 aliphatic heterocycles. The van der Waals surface area contributed by atoms with Crippen molar-refractivity contribution in [3.8, 4) is 11.4 Å². The minimum atomic E-state index is -0.547. The number of imidazole rings is 1. The number of ether oxygens (including phenoxy) is 1. The standard InChI is InChI=1S/C29H37N9O2/c1-29(2,3)40-28(39)32-13-10-22(21-8-6-5-7-9-21)34-27-31-12-11-23(35-27)24-20-33-26-25(30-14-15-38(24)26)37-18-16-36(4)17-19-37/h5-9,11-12,14-15,20,22H,10,13,16-19H2,1-4H3,(H,32,39)(H,31,34,35). The predicted octanol–water partition coefficient (Wildman–Crippen LogP) is 4.01. The Hall–Kier alpha value is -4.25. The van der Waals surface area contributed by atoms with Crippen LogP contribution in [0.4, 0.5) is 16.6 Å². The molecule has 0 bridgehead atoms. The lowest BCUT2D eigenvalue weighted by molar-refractivity contribution is 0.0526. The Balaban J connectivity index is 1.34. The van der Waals surface area contributed by atoms with Gasteiger partial charge in [-0.25, -0.2) is 24.7 Å². The summed E-state index contributed by atoms with van der Waals surface area (Å²) in [5, 5.41) is 6.31. The number of nitrogens with one attached hydrogen (secondary N) is 2. The van der Waals surface area contributed by atoms with E-state index in [9.17, 15) is 4.79 Å². The van der Waals surface area contributed by atoms with Gasteiger partial charge in [-0.2, -0.15) is 0 Å².